The maximum atomic E-state index is 13.7. The van der Waals surface area contributed by atoms with Gasteiger partial charge in [0.1, 0.15) is 5.60 Å². The lowest BCUT2D eigenvalue weighted by molar-refractivity contribution is -0.144. The van der Waals surface area contributed by atoms with Crippen LogP contribution in [0, 0.1) is 23.7 Å². The second-order valence-electron chi connectivity index (χ2n) is 10.9. The van der Waals surface area contributed by atoms with E-state index < -0.39 is 5.60 Å². The molecule has 6 aliphatic heterocycles. The van der Waals surface area contributed by atoms with Crippen LogP contribution in [0.4, 0.5) is 0 Å². The van der Waals surface area contributed by atoms with Crippen LogP contribution >= 0.6 is 0 Å². The van der Waals surface area contributed by atoms with Gasteiger partial charge >= 0.3 is 0 Å². The predicted octanol–water partition coefficient (Wildman–Crippen LogP) is 2.13. The summed E-state index contributed by atoms with van der Waals surface area (Å²) >= 11 is 0. The molecule has 162 valence electrons. The Balaban J connectivity index is 1.13. The van der Waals surface area contributed by atoms with Crippen LogP contribution in [0.5, 0.6) is 0 Å². The molecule has 0 unspecified atom stereocenters. The Bertz CT molecular complexity index is 787. The number of hydrogen-bond donors (Lipinski definition) is 0. The Labute approximate surface area is 177 Å². The Kier molecular flexibility index (Phi) is 3.83. The summed E-state index contributed by atoms with van der Waals surface area (Å²) in [6.07, 6.45) is 14.1. The smallest absolute Gasteiger partial charge is 0.230 e. The zero-order chi connectivity index (χ0) is 20.0. The van der Waals surface area contributed by atoms with Crippen molar-refractivity contribution < 1.29 is 19.1 Å². The lowest BCUT2D eigenvalue weighted by Gasteiger charge is -2.30. The fourth-order valence-corrected chi connectivity index (χ4v) is 8.04. The summed E-state index contributed by atoms with van der Waals surface area (Å²) in [6, 6.07) is 0.325. The Morgan fingerprint density at radius 1 is 1.00 bits per heavy atom. The molecule has 5 saturated heterocycles. The van der Waals surface area contributed by atoms with E-state index in [4.69, 9.17) is 9.47 Å². The fourth-order valence-electron chi connectivity index (χ4n) is 8.04. The molecule has 6 heterocycles. The maximum absolute atomic E-state index is 13.7. The standard InChI is InChI=1S/C24H32N2O4/c27-22(25-11-15-16(12-25)18-8-7-17(15)29-18)20-19-9-10-24(30-19)13-26(23(28)21(20)24)14-5-3-1-2-4-6-14/h9-10,14-21H,1-8,11-13H2/t15-,16+,17+,18-,19-,20-,21+,24-/m0/s1. The van der Waals surface area contributed by atoms with Gasteiger partial charge in [0.05, 0.1) is 36.7 Å². The molecule has 6 nitrogen and oxygen atoms in total. The molecule has 1 saturated carbocycles. The molecule has 4 bridgehead atoms. The van der Waals surface area contributed by atoms with E-state index in [0.717, 1.165) is 38.8 Å². The van der Waals surface area contributed by atoms with Crippen molar-refractivity contribution >= 4 is 11.8 Å². The van der Waals surface area contributed by atoms with E-state index in [9.17, 15) is 9.59 Å². The van der Waals surface area contributed by atoms with Crippen molar-refractivity contribution in [2.24, 2.45) is 23.7 Å². The lowest BCUT2D eigenvalue weighted by atomic mass is 9.76. The highest BCUT2D eigenvalue weighted by molar-refractivity contribution is 5.93. The minimum atomic E-state index is -0.563. The average molecular weight is 413 g/mol. The summed E-state index contributed by atoms with van der Waals surface area (Å²) in [5.74, 6) is 0.667. The molecule has 2 amide bonds. The van der Waals surface area contributed by atoms with Crippen LogP contribution in [-0.2, 0) is 19.1 Å². The molecule has 0 aromatic rings. The number of nitrogens with zero attached hydrogens (tertiary/aromatic N) is 2. The molecule has 0 radical (unpaired) electrons. The van der Waals surface area contributed by atoms with Crippen molar-refractivity contribution in [1.82, 2.24) is 9.80 Å². The van der Waals surface area contributed by atoms with Crippen molar-refractivity contribution in [1.29, 1.82) is 0 Å². The van der Waals surface area contributed by atoms with E-state index in [-0.39, 0.29) is 29.8 Å². The summed E-state index contributed by atoms with van der Waals surface area (Å²) in [5, 5.41) is 0. The van der Waals surface area contributed by atoms with Gasteiger partial charge in [-0.05, 0) is 25.7 Å². The normalized spacial score (nSPS) is 49.2. The van der Waals surface area contributed by atoms with Gasteiger partial charge in [-0.3, -0.25) is 9.59 Å². The quantitative estimate of drug-likeness (QED) is 0.515. The SMILES string of the molecule is O=C([C@H]1[C@@H]2C=C[C@@]3(CN(C4CCCCCC4)C(=O)[C@@H]13)O2)N1C[C@@H]2[C@H](C1)[C@H]1CC[C@@H]2O1. The molecule has 1 spiro atoms. The lowest BCUT2D eigenvalue weighted by Crippen LogP contribution is -2.46. The van der Waals surface area contributed by atoms with Gasteiger partial charge in [-0.2, -0.15) is 0 Å². The van der Waals surface area contributed by atoms with Gasteiger partial charge in [-0.15, -0.1) is 0 Å². The first-order valence-corrected chi connectivity index (χ1v) is 12.3. The molecule has 7 aliphatic rings. The number of fused-ring (bicyclic) bond motifs is 6. The monoisotopic (exact) mass is 412 g/mol. The van der Waals surface area contributed by atoms with E-state index in [1.165, 1.54) is 25.7 Å². The average Bonchev–Trinajstić information content (AvgIpc) is 3.54. The molecule has 0 N–H and O–H groups in total. The van der Waals surface area contributed by atoms with Crippen LogP contribution in [0.2, 0.25) is 0 Å². The maximum Gasteiger partial charge on any atom is 0.230 e. The van der Waals surface area contributed by atoms with Gasteiger partial charge in [0.2, 0.25) is 11.8 Å². The first-order valence-electron chi connectivity index (χ1n) is 12.3. The van der Waals surface area contributed by atoms with Gasteiger partial charge in [0, 0.05) is 31.0 Å². The van der Waals surface area contributed by atoms with Crippen molar-refractivity contribution in [3.63, 3.8) is 0 Å². The van der Waals surface area contributed by atoms with Crippen LogP contribution in [0.3, 0.4) is 0 Å². The van der Waals surface area contributed by atoms with Gasteiger partial charge < -0.3 is 19.3 Å². The minimum Gasteiger partial charge on any atom is -0.374 e. The summed E-state index contributed by atoms with van der Waals surface area (Å²) < 4.78 is 12.5. The number of carbonyl (C=O) groups is 2. The number of ether oxygens (including phenoxy) is 2. The summed E-state index contributed by atoms with van der Waals surface area (Å²) in [4.78, 5) is 31.5. The molecule has 7 rings (SSSR count). The van der Waals surface area contributed by atoms with E-state index >= 15 is 0 Å². The van der Waals surface area contributed by atoms with Crippen molar-refractivity contribution in [3.8, 4) is 0 Å². The van der Waals surface area contributed by atoms with Gasteiger partial charge in [-0.1, -0.05) is 37.8 Å². The summed E-state index contributed by atoms with van der Waals surface area (Å²) in [5.41, 5.74) is -0.563. The van der Waals surface area contributed by atoms with Crippen LogP contribution in [0.25, 0.3) is 0 Å². The van der Waals surface area contributed by atoms with E-state index in [1.54, 1.807) is 0 Å². The van der Waals surface area contributed by atoms with Crippen LogP contribution in [0.15, 0.2) is 12.2 Å². The zero-order valence-electron chi connectivity index (χ0n) is 17.6. The topological polar surface area (TPSA) is 59.1 Å². The molecule has 30 heavy (non-hydrogen) atoms. The molecule has 6 fully saturated rings. The second kappa shape index (κ2) is 6.32. The third kappa shape index (κ3) is 2.32. The molecule has 0 aromatic carbocycles. The summed E-state index contributed by atoms with van der Waals surface area (Å²) in [7, 11) is 0. The van der Waals surface area contributed by atoms with Gasteiger partial charge in [0.25, 0.3) is 0 Å². The summed E-state index contributed by atoms with van der Waals surface area (Å²) in [6.45, 7) is 2.25. The molecule has 0 aromatic heterocycles. The number of hydrogen-bond acceptors (Lipinski definition) is 4. The number of likely N-dealkylation sites (tertiary alicyclic amines) is 2. The van der Waals surface area contributed by atoms with Crippen LogP contribution in [-0.4, -0.2) is 71.2 Å². The molecular weight excluding hydrogens is 380 g/mol. The third-order valence-corrected chi connectivity index (χ3v) is 9.44. The van der Waals surface area contributed by atoms with Crippen molar-refractivity contribution in [2.75, 3.05) is 19.6 Å². The van der Waals surface area contributed by atoms with E-state index in [1.807, 2.05) is 0 Å². The highest BCUT2D eigenvalue weighted by atomic mass is 16.5. The fraction of sp³-hybridized carbons (Fsp3) is 0.833. The van der Waals surface area contributed by atoms with Crippen LogP contribution in [0.1, 0.15) is 51.4 Å². The Morgan fingerprint density at radius 3 is 2.40 bits per heavy atom. The molecule has 6 heteroatoms. The number of amides is 2. The minimum absolute atomic E-state index is 0.154. The van der Waals surface area contributed by atoms with E-state index in [0.29, 0.717) is 36.6 Å². The number of rotatable bonds is 2. The molecule has 1 aliphatic carbocycles. The third-order valence-electron chi connectivity index (χ3n) is 9.44. The first kappa shape index (κ1) is 18.2. The van der Waals surface area contributed by atoms with Crippen molar-refractivity contribution in [3.05, 3.63) is 12.2 Å². The Morgan fingerprint density at radius 2 is 1.70 bits per heavy atom. The highest BCUT2D eigenvalue weighted by Crippen LogP contribution is 2.54. The first-order chi connectivity index (χ1) is 14.6. The highest BCUT2D eigenvalue weighted by Gasteiger charge is 2.68. The van der Waals surface area contributed by atoms with E-state index in [2.05, 4.69) is 22.0 Å². The Hall–Kier alpha value is -1.40. The number of carbonyl (C=O) groups excluding carboxylic acids is 2. The van der Waals surface area contributed by atoms with Crippen LogP contribution < -0.4 is 0 Å². The zero-order valence-corrected chi connectivity index (χ0v) is 17.6. The van der Waals surface area contributed by atoms with Gasteiger partial charge in [-0.25, -0.2) is 0 Å². The largest absolute Gasteiger partial charge is 0.374 e. The van der Waals surface area contributed by atoms with Crippen molar-refractivity contribution in [2.45, 2.75) is 81.3 Å². The predicted molar refractivity (Wildman–Crippen MR) is 108 cm³/mol. The van der Waals surface area contributed by atoms with Gasteiger partial charge in [0.15, 0.2) is 0 Å². The second-order valence-corrected chi connectivity index (χ2v) is 10.9. The molecule has 8 atom stereocenters. The molecular formula is C24H32N2O4.